The molecule has 2 aromatic rings. The molecule has 2 atom stereocenters. The molecule has 1 aliphatic heterocycles. The lowest BCUT2D eigenvalue weighted by molar-refractivity contribution is -0.933. The number of piperidine rings is 1. The van der Waals surface area contributed by atoms with Crippen LogP contribution in [0.2, 0.25) is 0 Å². The number of quaternary nitrogens is 1. The Morgan fingerprint density at radius 3 is 1.86 bits per heavy atom. The number of nitrogens with zero attached hydrogens (tertiary/aromatic N) is 1. The van der Waals surface area contributed by atoms with E-state index in [4.69, 9.17) is 20.4 Å². The first-order valence-electron chi connectivity index (χ1n) is 13.8. The molecule has 0 aromatic heterocycles. The number of aliphatic carboxylic acids is 1. The molecule has 0 amide bonds. The van der Waals surface area contributed by atoms with Crippen LogP contribution in [0.1, 0.15) is 43.2 Å². The summed E-state index contributed by atoms with van der Waals surface area (Å²) in [4.78, 5) is 18.4. The van der Waals surface area contributed by atoms with Crippen LogP contribution < -0.4 is 10.5 Å². The highest BCUT2D eigenvalue weighted by Crippen LogP contribution is 2.22. The quantitative estimate of drug-likeness (QED) is 0.147. The van der Waals surface area contributed by atoms with E-state index in [0.29, 0.717) is 13.2 Å². The number of rotatable bonds is 10. The molecule has 1 saturated heterocycles. The van der Waals surface area contributed by atoms with E-state index in [2.05, 4.69) is 59.3 Å². The van der Waals surface area contributed by atoms with Gasteiger partial charge >= 0.3 is 24.3 Å². The minimum atomic E-state index is -5.08. The Morgan fingerprint density at radius 2 is 1.40 bits per heavy atom. The Kier molecular flexibility index (Phi) is 16.1. The van der Waals surface area contributed by atoms with Crippen LogP contribution in [0.25, 0.3) is 0 Å². The Bertz CT molecular complexity index is 1080. The third-order valence-electron chi connectivity index (χ3n) is 6.94. The summed E-state index contributed by atoms with van der Waals surface area (Å²) in [7, 11) is 2.40. The summed E-state index contributed by atoms with van der Waals surface area (Å²) in [5.74, 6) is -3.99. The maximum Gasteiger partial charge on any atom is 0.490 e. The molecule has 2 unspecified atom stereocenters. The summed E-state index contributed by atoms with van der Waals surface area (Å²) >= 11 is 0. The zero-order valence-corrected chi connectivity index (χ0v) is 24.4. The number of likely N-dealkylation sites (tertiary alicyclic amines) is 1. The average molecular weight is 624 g/mol. The second-order valence-electron chi connectivity index (χ2n) is 10.3. The van der Waals surface area contributed by atoms with Crippen LogP contribution in [-0.4, -0.2) is 80.3 Å². The lowest BCUT2D eigenvalue weighted by atomic mass is 10.00. The predicted molar refractivity (Wildman–Crippen MR) is 149 cm³/mol. The number of methoxy groups -OCH3 is 2. The molecule has 0 aliphatic carbocycles. The Balaban J connectivity index is 0.000000509. The van der Waals surface area contributed by atoms with Crippen LogP contribution >= 0.6 is 0 Å². The van der Waals surface area contributed by atoms with Gasteiger partial charge in [0.05, 0.1) is 46.4 Å². The maximum atomic E-state index is 11.0. The molecule has 1 fully saturated rings. The van der Waals surface area contributed by atoms with Crippen molar-refractivity contribution in [3.8, 4) is 5.75 Å². The van der Waals surface area contributed by atoms with Crippen molar-refractivity contribution >= 4 is 11.9 Å². The van der Waals surface area contributed by atoms with Crippen molar-refractivity contribution in [2.75, 3.05) is 40.4 Å². The van der Waals surface area contributed by atoms with Gasteiger partial charge in [0.15, 0.2) is 0 Å². The van der Waals surface area contributed by atoms with Crippen molar-refractivity contribution in [3.05, 3.63) is 65.7 Å². The fourth-order valence-electron chi connectivity index (χ4n) is 4.83. The van der Waals surface area contributed by atoms with Gasteiger partial charge in [-0.3, -0.25) is 0 Å². The highest BCUT2D eigenvalue weighted by Gasteiger charge is 2.40. The SMILES string of the molecule is COC(=O)C(F)(F)F.COc1ccc(CCC[N+]2(CCCCc3ccccc3)CCCC(N)C2)cc1.O=C(O)C(F)(F)F. The van der Waals surface area contributed by atoms with E-state index in [1.54, 1.807) is 7.11 Å². The van der Waals surface area contributed by atoms with Crippen LogP contribution in [0, 0.1) is 0 Å². The molecule has 0 radical (unpaired) electrons. The molecular formula is C30H41F6N2O5+. The number of carbonyl (C=O) groups excluding carboxylic acids is 1. The number of carboxylic acid groups (broad SMARTS) is 1. The average Bonchev–Trinajstić information content (AvgIpc) is 2.95. The van der Waals surface area contributed by atoms with Crippen LogP contribution in [0.4, 0.5) is 26.3 Å². The second kappa shape index (κ2) is 18.4. The van der Waals surface area contributed by atoms with Gasteiger partial charge in [-0.05, 0) is 61.8 Å². The van der Waals surface area contributed by atoms with Crippen LogP contribution in [0.15, 0.2) is 54.6 Å². The highest BCUT2D eigenvalue weighted by atomic mass is 19.4. The molecule has 0 spiro atoms. The monoisotopic (exact) mass is 623 g/mol. The molecule has 2 aromatic carbocycles. The van der Waals surface area contributed by atoms with Gasteiger partial charge < -0.3 is 24.8 Å². The molecule has 13 heteroatoms. The zero-order valence-electron chi connectivity index (χ0n) is 24.4. The fourth-order valence-corrected chi connectivity index (χ4v) is 4.83. The molecule has 43 heavy (non-hydrogen) atoms. The summed E-state index contributed by atoms with van der Waals surface area (Å²) < 4.78 is 74.5. The minimum Gasteiger partial charge on any atom is -0.497 e. The van der Waals surface area contributed by atoms with Gasteiger partial charge in [0, 0.05) is 6.42 Å². The molecular weight excluding hydrogens is 582 g/mol. The standard InChI is InChI=1S/C25H37N2O.C3H3F3O2.C2HF3O2/c1-28-25-16-14-23(15-17-25)12-7-19-27(20-8-13-24(26)21-27)18-6-5-11-22-9-3-2-4-10-22;1-8-2(7)3(4,5)6;3-2(4,5)1(6)7/h2-4,9-10,14-17,24H,5-8,11-13,18-21,26H2,1H3;1H3;(H,6,7)/q+1;;. The third kappa shape index (κ3) is 15.6. The highest BCUT2D eigenvalue weighted by molar-refractivity contribution is 5.75. The van der Waals surface area contributed by atoms with Crippen molar-refractivity contribution in [1.29, 1.82) is 0 Å². The van der Waals surface area contributed by atoms with E-state index < -0.39 is 24.3 Å². The molecule has 3 rings (SSSR count). The van der Waals surface area contributed by atoms with Gasteiger partial charge in [0.2, 0.25) is 0 Å². The number of carbonyl (C=O) groups is 2. The van der Waals surface area contributed by atoms with Crippen LogP contribution in [0.5, 0.6) is 5.75 Å². The number of aryl methyl sites for hydroxylation is 2. The van der Waals surface area contributed by atoms with E-state index in [9.17, 15) is 31.1 Å². The number of nitrogens with two attached hydrogens (primary N) is 1. The fraction of sp³-hybridized carbons (Fsp3) is 0.533. The molecule has 1 heterocycles. The normalized spacial score (nSPS) is 18.3. The van der Waals surface area contributed by atoms with Gasteiger partial charge in [-0.2, -0.15) is 26.3 Å². The second-order valence-corrected chi connectivity index (χ2v) is 10.3. The Morgan fingerprint density at radius 1 is 0.860 bits per heavy atom. The number of halogens is 6. The summed E-state index contributed by atoms with van der Waals surface area (Å²) in [5, 5.41) is 7.12. The molecule has 1 aliphatic rings. The first kappa shape index (κ1) is 37.7. The topological polar surface area (TPSA) is 98.9 Å². The molecule has 0 bridgehead atoms. The minimum absolute atomic E-state index is 0.379. The van der Waals surface area contributed by atoms with Crippen molar-refractivity contribution in [2.24, 2.45) is 5.73 Å². The molecule has 0 saturated carbocycles. The number of ether oxygens (including phenoxy) is 2. The van der Waals surface area contributed by atoms with Gasteiger partial charge in [-0.1, -0.05) is 42.5 Å². The number of unbranched alkanes of at least 4 members (excludes halogenated alkanes) is 1. The van der Waals surface area contributed by atoms with E-state index in [-0.39, 0.29) is 0 Å². The lowest BCUT2D eigenvalue weighted by Crippen LogP contribution is -2.58. The maximum absolute atomic E-state index is 11.0. The molecule has 3 N–H and O–H groups in total. The molecule has 7 nitrogen and oxygen atoms in total. The number of benzene rings is 2. The smallest absolute Gasteiger partial charge is 0.490 e. The van der Waals surface area contributed by atoms with Crippen molar-refractivity contribution in [2.45, 2.75) is 63.3 Å². The van der Waals surface area contributed by atoms with Gasteiger partial charge in [0.1, 0.15) is 5.75 Å². The number of hydrogen-bond donors (Lipinski definition) is 2. The van der Waals surface area contributed by atoms with E-state index in [1.807, 2.05) is 0 Å². The van der Waals surface area contributed by atoms with Crippen molar-refractivity contribution in [1.82, 2.24) is 0 Å². The van der Waals surface area contributed by atoms with Gasteiger partial charge in [-0.15, -0.1) is 0 Å². The first-order chi connectivity index (χ1) is 20.1. The first-order valence-corrected chi connectivity index (χ1v) is 13.8. The van der Waals surface area contributed by atoms with Gasteiger partial charge in [0.25, 0.3) is 0 Å². The number of alkyl halides is 6. The Labute approximate surface area is 248 Å². The largest absolute Gasteiger partial charge is 0.497 e. The number of esters is 1. The van der Waals surface area contributed by atoms with Gasteiger partial charge in [-0.25, -0.2) is 9.59 Å². The van der Waals surface area contributed by atoms with Crippen LogP contribution in [0.3, 0.4) is 0 Å². The summed E-state index contributed by atoms with van der Waals surface area (Å²) in [6.45, 7) is 5.00. The summed E-state index contributed by atoms with van der Waals surface area (Å²) in [6, 6.07) is 19.8. The third-order valence-corrected chi connectivity index (χ3v) is 6.94. The lowest BCUT2D eigenvalue weighted by Gasteiger charge is -2.44. The Hall–Kier alpha value is -3.32. The summed E-state index contributed by atoms with van der Waals surface area (Å²) in [6.07, 6.45) is -1.32. The number of carboxylic acids is 1. The number of hydrogen-bond acceptors (Lipinski definition) is 5. The zero-order chi connectivity index (χ0) is 32.5. The molecule has 242 valence electrons. The van der Waals surface area contributed by atoms with E-state index >= 15 is 0 Å². The summed E-state index contributed by atoms with van der Waals surface area (Å²) in [5.41, 5.74) is 9.26. The van der Waals surface area contributed by atoms with Crippen molar-refractivity contribution < 1.29 is 55.0 Å². The van der Waals surface area contributed by atoms with Crippen LogP contribution in [-0.2, 0) is 27.2 Å². The predicted octanol–water partition coefficient (Wildman–Crippen LogP) is 5.94. The van der Waals surface area contributed by atoms with E-state index in [1.165, 1.54) is 73.8 Å². The van der Waals surface area contributed by atoms with Crippen molar-refractivity contribution in [3.63, 3.8) is 0 Å². The van der Waals surface area contributed by atoms with E-state index in [0.717, 1.165) is 18.7 Å².